The summed E-state index contributed by atoms with van der Waals surface area (Å²) >= 11 is 0. The zero-order valence-electron chi connectivity index (χ0n) is 10.5. The highest BCUT2D eigenvalue weighted by molar-refractivity contribution is 5.81. The highest BCUT2D eigenvalue weighted by Crippen LogP contribution is 2.49. The Morgan fingerprint density at radius 2 is 2.00 bits per heavy atom. The molecule has 16 heavy (non-hydrogen) atoms. The third-order valence-electron chi connectivity index (χ3n) is 4.18. The summed E-state index contributed by atoms with van der Waals surface area (Å²) in [6, 6.07) is 0.369. The van der Waals surface area contributed by atoms with Crippen LogP contribution in [0.4, 0.5) is 0 Å². The second-order valence-electron chi connectivity index (χ2n) is 6.51. The van der Waals surface area contributed by atoms with Crippen LogP contribution in [0.1, 0.15) is 40.0 Å². The van der Waals surface area contributed by atoms with Crippen LogP contribution in [0.3, 0.4) is 0 Å². The number of hydrogen-bond acceptors (Lipinski definition) is 2. The Bertz CT molecular complexity index is 282. The third-order valence-corrected chi connectivity index (χ3v) is 4.18. The Balaban J connectivity index is 1.85. The molecule has 1 amide bonds. The van der Waals surface area contributed by atoms with E-state index in [-0.39, 0.29) is 11.3 Å². The van der Waals surface area contributed by atoms with Crippen molar-refractivity contribution in [3.8, 4) is 0 Å². The smallest absolute Gasteiger partial charge is 0.225 e. The van der Waals surface area contributed by atoms with Crippen LogP contribution in [-0.2, 0) is 4.79 Å². The molecule has 2 saturated carbocycles. The Kier molecular flexibility index (Phi) is 2.99. The molecule has 2 aliphatic rings. The Morgan fingerprint density at radius 1 is 1.31 bits per heavy atom. The molecule has 2 fully saturated rings. The van der Waals surface area contributed by atoms with Gasteiger partial charge < -0.3 is 10.4 Å². The Hall–Kier alpha value is -0.570. The van der Waals surface area contributed by atoms with E-state index in [9.17, 15) is 4.79 Å². The van der Waals surface area contributed by atoms with E-state index in [0.717, 1.165) is 25.2 Å². The molecule has 0 aliphatic heterocycles. The number of nitrogens with one attached hydrogen (secondary N) is 1. The Labute approximate surface area is 97.6 Å². The SMILES string of the molecule is CC(C)(C)C(=O)NC1CC2CC(CO)CC21. The van der Waals surface area contributed by atoms with Gasteiger partial charge in [-0.1, -0.05) is 20.8 Å². The number of rotatable bonds is 2. The van der Waals surface area contributed by atoms with Crippen molar-refractivity contribution in [2.45, 2.75) is 46.1 Å². The fourth-order valence-corrected chi connectivity index (χ4v) is 3.05. The molecule has 0 saturated heterocycles. The van der Waals surface area contributed by atoms with E-state index < -0.39 is 0 Å². The molecule has 0 aromatic carbocycles. The molecular weight excluding hydrogens is 202 g/mol. The molecule has 0 aromatic rings. The van der Waals surface area contributed by atoms with Gasteiger partial charge in [-0.25, -0.2) is 0 Å². The maximum atomic E-state index is 11.8. The van der Waals surface area contributed by atoms with Gasteiger partial charge in [0.25, 0.3) is 0 Å². The van der Waals surface area contributed by atoms with E-state index in [2.05, 4.69) is 5.32 Å². The predicted octanol–water partition coefficient (Wildman–Crippen LogP) is 1.56. The van der Waals surface area contributed by atoms with Crippen LogP contribution in [0.2, 0.25) is 0 Å². The van der Waals surface area contributed by atoms with Crippen LogP contribution in [-0.4, -0.2) is 23.7 Å². The third kappa shape index (κ3) is 2.10. The number of amides is 1. The second kappa shape index (κ2) is 4.02. The van der Waals surface area contributed by atoms with Crippen molar-refractivity contribution < 1.29 is 9.90 Å². The minimum Gasteiger partial charge on any atom is -0.396 e. The maximum Gasteiger partial charge on any atom is 0.225 e. The Morgan fingerprint density at radius 3 is 2.56 bits per heavy atom. The van der Waals surface area contributed by atoms with Gasteiger partial charge in [-0.2, -0.15) is 0 Å². The van der Waals surface area contributed by atoms with Gasteiger partial charge in [0.15, 0.2) is 0 Å². The molecule has 3 heteroatoms. The highest BCUT2D eigenvalue weighted by atomic mass is 16.3. The van der Waals surface area contributed by atoms with Gasteiger partial charge >= 0.3 is 0 Å². The van der Waals surface area contributed by atoms with E-state index in [4.69, 9.17) is 5.11 Å². The first-order valence-corrected chi connectivity index (χ1v) is 6.33. The molecule has 2 rings (SSSR count). The van der Waals surface area contributed by atoms with E-state index in [1.54, 1.807) is 0 Å². The molecule has 4 atom stereocenters. The quantitative estimate of drug-likeness (QED) is 0.749. The number of carbonyl (C=O) groups is 1. The lowest BCUT2D eigenvalue weighted by Crippen LogP contribution is -2.52. The number of hydrogen-bond donors (Lipinski definition) is 2. The first kappa shape index (κ1) is 11.9. The average Bonchev–Trinajstić information content (AvgIpc) is 2.50. The fraction of sp³-hybridized carbons (Fsp3) is 0.923. The van der Waals surface area contributed by atoms with Crippen molar-refractivity contribution in [1.29, 1.82) is 0 Å². The van der Waals surface area contributed by atoms with Crippen molar-refractivity contribution >= 4 is 5.91 Å². The molecule has 0 radical (unpaired) electrons. The largest absolute Gasteiger partial charge is 0.396 e. The summed E-state index contributed by atoms with van der Waals surface area (Å²) in [4.78, 5) is 11.8. The molecular formula is C13H23NO2. The summed E-state index contributed by atoms with van der Waals surface area (Å²) in [6.45, 7) is 6.16. The van der Waals surface area contributed by atoms with Crippen molar-refractivity contribution in [1.82, 2.24) is 5.32 Å². The van der Waals surface area contributed by atoms with E-state index in [1.165, 1.54) is 0 Å². The minimum atomic E-state index is -0.292. The molecule has 0 heterocycles. The standard InChI is InChI=1S/C13H23NO2/c1-13(2,3)12(16)14-11-6-9-4-8(7-15)5-10(9)11/h8-11,15H,4-7H2,1-3H3,(H,14,16). The van der Waals surface area contributed by atoms with Gasteiger partial charge in [0.1, 0.15) is 0 Å². The molecule has 92 valence electrons. The molecule has 4 unspecified atom stereocenters. The summed E-state index contributed by atoms with van der Waals surface area (Å²) in [5, 5.41) is 12.3. The summed E-state index contributed by atoms with van der Waals surface area (Å²) in [5.41, 5.74) is -0.292. The van der Waals surface area contributed by atoms with Crippen LogP contribution in [0.25, 0.3) is 0 Å². The lowest BCUT2D eigenvalue weighted by Gasteiger charge is -2.42. The lowest BCUT2D eigenvalue weighted by atomic mass is 9.71. The fourth-order valence-electron chi connectivity index (χ4n) is 3.05. The van der Waals surface area contributed by atoms with Crippen LogP contribution in [0.5, 0.6) is 0 Å². The van der Waals surface area contributed by atoms with Crippen LogP contribution in [0.15, 0.2) is 0 Å². The summed E-state index contributed by atoms with van der Waals surface area (Å²) in [6.07, 6.45) is 3.36. The maximum absolute atomic E-state index is 11.8. The number of aliphatic hydroxyl groups excluding tert-OH is 1. The normalized spacial score (nSPS) is 37.8. The molecule has 0 spiro atoms. The average molecular weight is 225 g/mol. The van der Waals surface area contributed by atoms with E-state index in [0.29, 0.717) is 24.5 Å². The van der Waals surface area contributed by atoms with Gasteiger partial charge in [0.2, 0.25) is 5.91 Å². The first-order chi connectivity index (χ1) is 7.41. The molecule has 0 bridgehead atoms. The number of fused-ring (bicyclic) bond motifs is 1. The van der Waals surface area contributed by atoms with Gasteiger partial charge in [-0.05, 0) is 37.0 Å². The summed E-state index contributed by atoms with van der Waals surface area (Å²) in [5.74, 6) is 2.01. The molecule has 2 N–H and O–H groups in total. The second-order valence-corrected chi connectivity index (χ2v) is 6.51. The minimum absolute atomic E-state index is 0.156. The molecule has 3 nitrogen and oxygen atoms in total. The van der Waals surface area contributed by atoms with E-state index >= 15 is 0 Å². The zero-order valence-corrected chi connectivity index (χ0v) is 10.5. The predicted molar refractivity (Wildman–Crippen MR) is 62.8 cm³/mol. The van der Waals surface area contributed by atoms with Crippen LogP contribution >= 0.6 is 0 Å². The zero-order chi connectivity index (χ0) is 11.9. The first-order valence-electron chi connectivity index (χ1n) is 6.33. The van der Waals surface area contributed by atoms with Crippen molar-refractivity contribution in [2.24, 2.45) is 23.2 Å². The van der Waals surface area contributed by atoms with Gasteiger partial charge in [-0.3, -0.25) is 4.79 Å². The number of aliphatic hydroxyl groups is 1. The summed E-state index contributed by atoms with van der Waals surface area (Å²) in [7, 11) is 0. The topological polar surface area (TPSA) is 49.3 Å². The summed E-state index contributed by atoms with van der Waals surface area (Å²) < 4.78 is 0. The highest BCUT2D eigenvalue weighted by Gasteiger charge is 2.48. The van der Waals surface area contributed by atoms with Gasteiger partial charge in [-0.15, -0.1) is 0 Å². The number of carbonyl (C=O) groups excluding carboxylic acids is 1. The molecule has 2 aliphatic carbocycles. The van der Waals surface area contributed by atoms with Crippen molar-refractivity contribution in [2.75, 3.05) is 6.61 Å². The lowest BCUT2D eigenvalue weighted by molar-refractivity contribution is -0.130. The van der Waals surface area contributed by atoms with E-state index in [1.807, 2.05) is 20.8 Å². The molecule has 0 aromatic heterocycles. The van der Waals surface area contributed by atoms with Gasteiger partial charge in [0, 0.05) is 18.1 Å². The van der Waals surface area contributed by atoms with Crippen LogP contribution in [0, 0.1) is 23.2 Å². The van der Waals surface area contributed by atoms with Crippen LogP contribution < -0.4 is 5.32 Å². The monoisotopic (exact) mass is 225 g/mol. The van der Waals surface area contributed by atoms with Crippen molar-refractivity contribution in [3.05, 3.63) is 0 Å². The van der Waals surface area contributed by atoms with Crippen molar-refractivity contribution in [3.63, 3.8) is 0 Å². The van der Waals surface area contributed by atoms with Gasteiger partial charge in [0.05, 0.1) is 0 Å².